The predicted molar refractivity (Wildman–Crippen MR) is 101 cm³/mol. The summed E-state index contributed by atoms with van der Waals surface area (Å²) in [5, 5.41) is 10.2. The van der Waals surface area contributed by atoms with Gasteiger partial charge in [-0.05, 0) is 43.4 Å². The zero-order valence-electron chi connectivity index (χ0n) is 15.3. The smallest absolute Gasteiger partial charge is 0.227 e. The van der Waals surface area contributed by atoms with E-state index in [9.17, 15) is 14.7 Å². The van der Waals surface area contributed by atoms with Crippen LogP contribution < -0.4 is 0 Å². The number of aliphatic hydroxyl groups excluding tert-OH is 1. The molecule has 2 aliphatic rings. The van der Waals surface area contributed by atoms with Crippen molar-refractivity contribution in [3.8, 4) is 0 Å². The van der Waals surface area contributed by atoms with Crippen molar-refractivity contribution in [2.45, 2.75) is 32.1 Å². The van der Waals surface area contributed by atoms with E-state index in [2.05, 4.69) is 0 Å². The minimum atomic E-state index is -0.141. The minimum absolute atomic E-state index is 0.0802. The molecule has 0 radical (unpaired) electrons. The maximum atomic E-state index is 12.8. The summed E-state index contributed by atoms with van der Waals surface area (Å²) in [5.41, 5.74) is 1.05. The van der Waals surface area contributed by atoms with Gasteiger partial charge in [-0.3, -0.25) is 9.59 Å². The Hall–Kier alpha value is -1.59. The van der Waals surface area contributed by atoms with Gasteiger partial charge in [-0.25, -0.2) is 0 Å². The Balaban J connectivity index is 1.54. The van der Waals surface area contributed by atoms with Crippen LogP contribution in [-0.4, -0.2) is 60.0 Å². The van der Waals surface area contributed by atoms with Crippen LogP contribution in [0.3, 0.4) is 0 Å². The molecule has 1 atom stereocenters. The first kappa shape index (κ1) is 19.2. The fourth-order valence-corrected chi connectivity index (χ4v) is 3.81. The number of carbonyl (C=O) groups excluding carboxylic acids is 2. The molecule has 1 saturated heterocycles. The second-order valence-corrected chi connectivity index (χ2v) is 8.24. The second kappa shape index (κ2) is 7.97. The molecule has 26 heavy (non-hydrogen) atoms. The molecule has 2 fully saturated rings. The zero-order valence-corrected chi connectivity index (χ0v) is 16.0. The number of carbonyl (C=O) groups is 2. The molecule has 1 aliphatic carbocycles. The Labute approximate surface area is 159 Å². The van der Waals surface area contributed by atoms with Gasteiger partial charge in [0.15, 0.2) is 0 Å². The number of piperidine rings is 1. The summed E-state index contributed by atoms with van der Waals surface area (Å²) in [5.74, 6) is 0.0748. The number of rotatable bonds is 7. The highest BCUT2D eigenvalue weighted by molar-refractivity contribution is 6.30. The topological polar surface area (TPSA) is 60.9 Å². The number of aliphatic hydroxyl groups is 1. The number of hydrogen-bond donors (Lipinski definition) is 1. The fraction of sp³-hybridized carbons (Fsp3) is 0.600. The van der Waals surface area contributed by atoms with Crippen LogP contribution >= 0.6 is 11.6 Å². The molecule has 1 aromatic carbocycles. The van der Waals surface area contributed by atoms with E-state index in [0.717, 1.165) is 24.8 Å². The molecular weight excluding hydrogens is 352 g/mol. The van der Waals surface area contributed by atoms with Crippen molar-refractivity contribution >= 4 is 23.4 Å². The average molecular weight is 379 g/mol. The van der Waals surface area contributed by atoms with E-state index in [4.69, 9.17) is 11.6 Å². The van der Waals surface area contributed by atoms with Gasteiger partial charge in [0.25, 0.3) is 0 Å². The Morgan fingerprint density at radius 2 is 2.04 bits per heavy atom. The monoisotopic (exact) mass is 378 g/mol. The Morgan fingerprint density at radius 3 is 2.65 bits per heavy atom. The molecule has 1 N–H and O–H groups in total. The van der Waals surface area contributed by atoms with E-state index in [1.54, 1.807) is 4.90 Å². The SMILES string of the molecule is CN(CC1(CO)CC1)C(=O)C1CCC(=O)N(CCc2ccc(Cl)cc2)C1. The maximum Gasteiger partial charge on any atom is 0.227 e. The van der Waals surface area contributed by atoms with Gasteiger partial charge >= 0.3 is 0 Å². The number of benzene rings is 1. The van der Waals surface area contributed by atoms with Gasteiger partial charge < -0.3 is 14.9 Å². The van der Waals surface area contributed by atoms with Crippen molar-refractivity contribution in [2.24, 2.45) is 11.3 Å². The standard InChI is InChI=1S/C20H27ClN2O3/c1-22(13-20(14-24)9-10-20)19(26)16-4-7-18(25)23(12-16)11-8-15-2-5-17(21)6-3-15/h2-3,5-6,16,24H,4,7-14H2,1H3. The highest BCUT2D eigenvalue weighted by Crippen LogP contribution is 2.45. The van der Waals surface area contributed by atoms with Gasteiger partial charge in [0.2, 0.25) is 11.8 Å². The minimum Gasteiger partial charge on any atom is -0.396 e. The lowest BCUT2D eigenvalue weighted by molar-refractivity contribution is -0.142. The van der Waals surface area contributed by atoms with Gasteiger partial charge in [0, 0.05) is 43.5 Å². The van der Waals surface area contributed by atoms with Gasteiger partial charge in [0.05, 0.1) is 12.5 Å². The number of nitrogens with zero attached hydrogens (tertiary/aromatic N) is 2. The number of halogens is 1. The van der Waals surface area contributed by atoms with Crippen molar-refractivity contribution in [3.63, 3.8) is 0 Å². The van der Waals surface area contributed by atoms with E-state index in [0.29, 0.717) is 37.5 Å². The molecule has 0 aromatic heterocycles. The van der Waals surface area contributed by atoms with E-state index in [1.165, 1.54) is 0 Å². The highest BCUT2D eigenvalue weighted by atomic mass is 35.5. The maximum absolute atomic E-state index is 12.8. The number of hydrogen-bond acceptors (Lipinski definition) is 3. The largest absolute Gasteiger partial charge is 0.396 e. The Bertz CT molecular complexity index is 658. The van der Waals surface area contributed by atoms with Gasteiger partial charge in [-0.1, -0.05) is 23.7 Å². The molecule has 3 rings (SSSR count). The highest BCUT2D eigenvalue weighted by Gasteiger charge is 2.44. The van der Waals surface area contributed by atoms with Crippen molar-refractivity contribution < 1.29 is 14.7 Å². The van der Waals surface area contributed by atoms with Crippen LogP contribution in [-0.2, 0) is 16.0 Å². The first-order chi connectivity index (χ1) is 12.4. The summed E-state index contributed by atoms with van der Waals surface area (Å²) in [6.07, 6.45) is 3.77. The lowest BCUT2D eigenvalue weighted by Crippen LogP contribution is -2.47. The molecule has 1 heterocycles. The first-order valence-corrected chi connectivity index (χ1v) is 9.68. The van der Waals surface area contributed by atoms with Gasteiger partial charge in [-0.2, -0.15) is 0 Å². The molecule has 0 spiro atoms. The first-order valence-electron chi connectivity index (χ1n) is 9.30. The van der Waals surface area contributed by atoms with Crippen LogP contribution in [0.25, 0.3) is 0 Å². The molecule has 1 saturated carbocycles. The zero-order chi connectivity index (χ0) is 18.7. The number of amides is 2. The molecule has 1 unspecified atom stereocenters. The molecule has 142 valence electrons. The molecule has 1 aliphatic heterocycles. The molecule has 2 amide bonds. The van der Waals surface area contributed by atoms with Crippen LogP contribution in [0.15, 0.2) is 24.3 Å². The van der Waals surface area contributed by atoms with Crippen molar-refractivity contribution in [2.75, 3.05) is 33.3 Å². The van der Waals surface area contributed by atoms with E-state index in [-0.39, 0.29) is 29.8 Å². The van der Waals surface area contributed by atoms with Crippen molar-refractivity contribution in [1.29, 1.82) is 0 Å². The summed E-state index contributed by atoms with van der Waals surface area (Å²) in [7, 11) is 1.81. The van der Waals surface area contributed by atoms with Crippen LogP contribution in [0.4, 0.5) is 0 Å². The third kappa shape index (κ3) is 4.57. The van der Waals surface area contributed by atoms with Crippen LogP contribution in [0, 0.1) is 11.3 Å². The second-order valence-electron chi connectivity index (χ2n) is 7.80. The van der Waals surface area contributed by atoms with Crippen LogP contribution in [0.2, 0.25) is 5.02 Å². The Morgan fingerprint density at radius 1 is 1.35 bits per heavy atom. The van der Waals surface area contributed by atoms with Crippen molar-refractivity contribution in [1.82, 2.24) is 9.80 Å². The number of likely N-dealkylation sites (tertiary alicyclic amines) is 1. The fourth-order valence-electron chi connectivity index (χ4n) is 3.68. The average Bonchev–Trinajstić information content (AvgIpc) is 3.41. The van der Waals surface area contributed by atoms with E-state index in [1.807, 2.05) is 36.2 Å². The molecular formula is C20H27ClN2O3. The quantitative estimate of drug-likeness (QED) is 0.792. The van der Waals surface area contributed by atoms with Gasteiger partial charge in [-0.15, -0.1) is 0 Å². The van der Waals surface area contributed by atoms with Crippen LogP contribution in [0.5, 0.6) is 0 Å². The summed E-state index contributed by atoms with van der Waals surface area (Å²) < 4.78 is 0. The van der Waals surface area contributed by atoms with Crippen molar-refractivity contribution in [3.05, 3.63) is 34.9 Å². The van der Waals surface area contributed by atoms with E-state index >= 15 is 0 Å². The Kier molecular flexibility index (Phi) is 5.88. The lowest BCUT2D eigenvalue weighted by atomic mass is 9.95. The summed E-state index contributed by atoms with van der Waals surface area (Å²) in [4.78, 5) is 28.6. The lowest BCUT2D eigenvalue weighted by Gasteiger charge is -2.34. The summed E-state index contributed by atoms with van der Waals surface area (Å²) in [6, 6.07) is 7.64. The molecule has 0 bridgehead atoms. The third-order valence-corrected chi connectivity index (χ3v) is 5.93. The predicted octanol–water partition coefficient (Wildman–Crippen LogP) is 2.35. The normalized spacial score (nSPS) is 21.6. The molecule has 5 nitrogen and oxygen atoms in total. The summed E-state index contributed by atoms with van der Waals surface area (Å²) in [6.45, 7) is 1.86. The van der Waals surface area contributed by atoms with Gasteiger partial charge in [0.1, 0.15) is 0 Å². The third-order valence-electron chi connectivity index (χ3n) is 5.67. The van der Waals surface area contributed by atoms with E-state index < -0.39 is 0 Å². The van der Waals surface area contributed by atoms with Crippen LogP contribution in [0.1, 0.15) is 31.2 Å². The molecule has 6 heteroatoms. The molecule has 1 aromatic rings. The summed E-state index contributed by atoms with van der Waals surface area (Å²) >= 11 is 5.91.